The molecule has 28 heavy (non-hydrogen) atoms. The van der Waals surface area contributed by atoms with Crippen molar-refractivity contribution in [3.05, 3.63) is 47.6 Å². The molecule has 0 saturated heterocycles. The number of methoxy groups -OCH3 is 1. The van der Waals surface area contributed by atoms with Gasteiger partial charge in [-0.1, -0.05) is 6.08 Å². The van der Waals surface area contributed by atoms with E-state index in [4.69, 9.17) is 9.72 Å². The standard InChI is InChI=1S/C20H23FN6O/c1-20(2,21)12-22-19-25-15-7-5-4-6-13(17(15)18(26-19)28-3)14-9-11-27-16(24-14)8-10-23-27/h6,8-11H,4-5,7,12H2,1-3H3,(H,22,25,26). The van der Waals surface area contributed by atoms with Gasteiger partial charge in [-0.25, -0.2) is 18.9 Å². The van der Waals surface area contributed by atoms with Crippen LogP contribution in [0.3, 0.4) is 0 Å². The van der Waals surface area contributed by atoms with Gasteiger partial charge in [-0.3, -0.25) is 0 Å². The molecule has 1 aliphatic carbocycles. The number of nitrogens with zero attached hydrogens (tertiary/aromatic N) is 5. The Labute approximate surface area is 162 Å². The highest BCUT2D eigenvalue weighted by atomic mass is 19.1. The first-order valence-electron chi connectivity index (χ1n) is 9.33. The van der Waals surface area contributed by atoms with Gasteiger partial charge in [0.25, 0.3) is 0 Å². The lowest BCUT2D eigenvalue weighted by molar-refractivity contribution is 0.234. The molecule has 146 valence electrons. The Morgan fingerprint density at radius 3 is 2.89 bits per heavy atom. The fourth-order valence-electron chi connectivity index (χ4n) is 3.27. The predicted octanol–water partition coefficient (Wildman–Crippen LogP) is 3.46. The van der Waals surface area contributed by atoms with Gasteiger partial charge in [0.15, 0.2) is 5.65 Å². The van der Waals surface area contributed by atoms with Crippen LogP contribution in [0.2, 0.25) is 0 Å². The van der Waals surface area contributed by atoms with Gasteiger partial charge in [-0.15, -0.1) is 0 Å². The van der Waals surface area contributed by atoms with Crippen molar-refractivity contribution >= 4 is 17.2 Å². The molecule has 3 heterocycles. The van der Waals surface area contributed by atoms with E-state index in [1.54, 1.807) is 17.8 Å². The van der Waals surface area contributed by atoms with Crippen LogP contribution in [0.25, 0.3) is 11.2 Å². The minimum Gasteiger partial charge on any atom is -0.480 e. The molecule has 1 aliphatic rings. The summed E-state index contributed by atoms with van der Waals surface area (Å²) in [5.41, 5.74) is 2.91. The lowest BCUT2D eigenvalue weighted by atomic mass is 10.0. The molecule has 0 amide bonds. The van der Waals surface area contributed by atoms with Gasteiger partial charge < -0.3 is 10.1 Å². The van der Waals surface area contributed by atoms with Crippen molar-refractivity contribution in [1.29, 1.82) is 0 Å². The summed E-state index contributed by atoms with van der Waals surface area (Å²) in [5.74, 6) is 0.842. The van der Waals surface area contributed by atoms with Crippen molar-refractivity contribution in [2.24, 2.45) is 0 Å². The van der Waals surface area contributed by atoms with E-state index < -0.39 is 5.67 Å². The maximum absolute atomic E-state index is 13.9. The molecule has 1 N–H and O–H groups in total. The van der Waals surface area contributed by atoms with Gasteiger partial charge in [0.2, 0.25) is 11.8 Å². The van der Waals surface area contributed by atoms with Crippen molar-refractivity contribution in [3.8, 4) is 5.88 Å². The summed E-state index contributed by atoms with van der Waals surface area (Å²) >= 11 is 0. The summed E-state index contributed by atoms with van der Waals surface area (Å²) in [5, 5.41) is 7.18. The van der Waals surface area contributed by atoms with Gasteiger partial charge in [-0.05, 0) is 39.2 Å². The summed E-state index contributed by atoms with van der Waals surface area (Å²) in [7, 11) is 1.58. The van der Waals surface area contributed by atoms with E-state index in [1.807, 2.05) is 18.3 Å². The summed E-state index contributed by atoms with van der Waals surface area (Å²) in [6.45, 7) is 3.15. The Bertz CT molecular complexity index is 1040. The smallest absolute Gasteiger partial charge is 0.226 e. The Kier molecular flexibility index (Phi) is 4.70. The first-order chi connectivity index (χ1) is 13.4. The van der Waals surface area contributed by atoms with E-state index in [1.165, 1.54) is 13.8 Å². The minimum absolute atomic E-state index is 0.122. The average Bonchev–Trinajstić information content (AvgIpc) is 3.03. The third-order valence-corrected chi connectivity index (χ3v) is 4.58. The molecule has 0 saturated carbocycles. The van der Waals surface area contributed by atoms with Crippen LogP contribution in [0, 0.1) is 0 Å². The molecular weight excluding hydrogens is 359 g/mol. The van der Waals surface area contributed by atoms with Crippen molar-refractivity contribution in [3.63, 3.8) is 0 Å². The quantitative estimate of drug-likeness (QED) is 0.728. The number of hydrogen-bond donors (Lipinski definition) is 1. The van der Waals surface area contributed by atoms with Crippen LogP contribution in [0.5, 0.6) is 5.88 Å². The molecule has 4 rings (SSSR count). The van der Waals surface area contributed by atoms with Crippen molar-refractivity contribution < 1.29 is 9.13 Å². The Hall–Kier alpha value is -3.03. The zero-order chi connectivity index (χ0) is 19.7. The first-order valence-corrected chi connectivity index (χ1v) is 9.33. The predicted molar refractivity (Wildman–Crippen MR) is 105 cm³/mol. The third-order valence-electron chi connectivity index (χ3n) is 4.58. The molecule has 0 aromatic carbocycles. The molecular formula is C20H23FN6O. The maximum atomic E-state index is 13.9. The van der Waals surface area contributed by atoms with Crippen LogP contribution >= 0.6 is 0 Å². The number of nitrogens with one attached hydrogen (secondary N) is 1. The highest BCUT2D eigenvalue weighted by Crippen LogP contribution is 2.35. The first kappa shape index (κ1) is 18.3. The molecule has 3 aromatic heterocycles. The number of allylic oxidation sites excluding steroid dienone is 1. The Morgan fingerprint density at radius 2 is 2.11 bits per heavy atom. The summed E-state index contributed by atoms with van der Waals surface area (Å²) < 4.78 is 21.2. The molecule has 0 atom stereocenters. The number of anilines is 1. The normalized spacial score (nSPS) is 14.4. The number of hydrogen-bond acceptors (Lipinski definition) is 6. The van der Waals surface area contributed by atoms with E-state index in [-0.39, 0.29) is 6.54 Å². The van der Waals surface area contributed by atoms with Gasteiger partial charge in [-0.2, -0.15) is 10.1 Å². The van der Waals surface area contributed by atoms with Crippen LogP contribution in [-0.4, -0.2) is 43.9 Å². The van der Waals surface area contributed by atoms with E-state index in [9.17, 15) is 4.39 Å². The number of fused-ring (bicyclic) bond motifs is 2. The SMILES string of the molecule is COc1nc(NCC(C)(C)F)nc2c1C(c1ccn3nccc3n1)=CCCC2. The van der Waals surface area contributed by atoms with Crippen LogP contribution in [0.1, 0.15) is 43.6 Å². The fraction of sp³-hybridized carbons (Fsp3) is 0.400. The number of halogens is 1. The Morgan fingerprint density at radius 1 is 1.25 bits per heavy atom. The van der Waals surface area contributed by atoms with Gasteiger partial charge in [0.05, 0.1) is 36.8 Å². The maximum Gasteiger partial charge on any atom is 0.226 e. The zero-order valence-electron chi connectivity index (χ0n) is 16.2. The zero-order valence-corrected chi connectivity index (χ0v) is 16.2. The monoisotopic (exact) mass is 382 g/mol. The lowest BCUT2D eigenvalue weighted by Gasteiger charge is -2.18. The second-order valence-corrected chi connectivity index (χ2v) is 7.41. The van der Waals surface area contributed by atoms with Crippen LogP contribution in [0.4, 0.5) is 10.3 Å². The molecule has 0 radical (unpaired) electrons. The van der Waals surface area contributed by atoms with Crippen molar-refractivity contribution in [2.45, 2.75) is 38.8 Å². The average molecular weight is 382 g/mol. The third kappa shape index (κ3) is 3.67. The van der Waals surface area contributed by atoms with Crippen molar-refractivity contribution in [2.75, 3.05) is 19.0 Å². The molecule has 0 bridgehead atoms. The van der Waals surface area contributed by atoms with E-state index in [0.29, 0.717) is 11.8 Å². The van der Waals surface area contributed by atoms with Crippen LogP contribution < -0.4 is 10.1 Å². The molecule has 0 unspecified atom stereocenters. The number of aryl methyl sites for hydroxylation is 1. The number of rotatable bonds is 5. The molecule has 3 aromatic rings. The second kappa shape index (κ2) is 7.18. The van der Waals surface area contributed by atoms with Crippen LogP contribution in [0.15, 0.2) is 30.6 Å². The summed E-state index contributed by atoms with van der Waals surface area (Å²) in [6, 6.07) is 3.79. The molecule has 7 nitrogen and oxygen atoms in total. The van der Waals surface area contributed by atoms with Crippen molar-refractivity contribution in [1.82, 2.24) is 24.6 Å². The highest BCUT2D eigenvalue weighted by molar-refractivity contribution is 5.82. The van der Waals surface area contributed by atoms with Gasteiger partial charge >= 0.3 is 0 Å². The molecule has 8 heteroatoms. The fourth-order valence-corrected chi connectivity index (χ4v) is 3.27. The largest absolute Gasteiger partial charge is 0.480 e. The van der Waals surface area contributed by atoms with Crippen LogP contribution in [-0.2, 0) is 6.42 Å². The summed E-state index contributed by atoms with van der Waals surface area (Å²) in [6.07, 6.45) is 8.41. The number of ether oxygens (including phenoxy) is 1. The number of aromatic nitrogens is 5. The summed E-state index contributed by atoms with van der Waals surface area (Å²) in [4.78, 5) is 13.9. The van der Waals surface area contributed by atoms with E-state index in [2.05, 4.69) is 26.5 Å². The molecule has 0 aliphatic heterocycles. The Balaban J connectivity index is 1.78. The van der Waals surface area contributed by atoms with Gasteiger partial charge in [0, 0.05) is 17.8 Å². The van der Waals surface area contributed by atoms with E-state index >= 15 is 0 Å². The second-order valence-electron chi connectivity index (χ2n) is 7.41. The molecule has 0 spiro atoms. The highest BCUT2D eigenvalue weighted by Gasteiger charge is 2.24. The molecule has 0 fully saturated rings. The minimum atomic E-state index is -1.36. The van der Waals surface area contributed by atoms with E-state index in [0.717, 1.165) is 47.4 Å². The number of alkyl halides is 1. The van der Waals surface area contributed by atoms with Gasteiger partial charge in [0.1, 0.15) is 5.67 Å². The lowest BCUT2D eigenvalue weighted by Crippen LogP contribution is -2.25. The topological polar surface area (TPSA) is 77.2 Å².